The molecule has 0 fully saturated rings. The molecule has 7 heterocycles. The molecule has 0 unspecified atom stereocenters. The van der Waals surface area contributed by atoms with Crippen LogP contribution < -0.4 is 0 Å². The number of hydrogen-bond acceptors (Lipinski definition) is 14. The predicted octanol–water partition coefficient (Wildman–Crippen LogP) is 3.14. The summed E-state index contributed by atoms with van der Waals surface area (Å²) in [5.74, 6) is 0.708. The van der Waals surface area contributed by atoms with Crippen molar-refractivity contribution in [2.45, 2.75) is 93.4 Å². The fraction of sp³-hybridized carbons (Fsp3) is 0.457. The number of aromatic nitrogens is 14. The third-order valence-corrected chi connectivity index (χ3v) is 9.03. The molecule has 7 aromatic rings. The Kier molecular flexibility index (Phi) is 39.1. The summed E-state index contributed by atoms with van der Waals surface area (Å²) in [5.41, 5.74) is 0. The number of carbonyl (C=O) groups is 4. The zero-order chi connectivity index (χ0) is 55.8. The number of imidazole rings is 7. The van der Waals surface area contributed by atoms with Crippen molar-refractivity contribution in [3.8, 4) is 0 Å². The average molecular weight is 1010 g/mol. The van der Waals surface area contributed by atoms with Gasteiger partial charge in [0.15, 0.2) is 0 Å². The van der Waals surface area contributed by atoms with E-state index in [1.807, 2.05) is 168 Å². The topological polar surface area (TPSA) is 335 Å². The van der Waals surface area contributed by atoms with Crippen molar-refractivity contribution in [3.05, 3.63) is 128 Å². The zero-order valence-corrected chi connectivity index (χ0v) is 44.1. The standard InChI is InChI=1S/7C6H10N2.2C2H2O4.BH3O3/c7*1-3-6-7-4-5-8(6)2;2*3-1(4)2(5)6;2-1(3)4/h7*4-5H,3H2,1-2H3;2*(H,3,4)(H,5,6);2-4H. The van der Waals surface area contributed by atoms with Gasteiger partial charge in [0.05, 0.1) is 0 Å². The summed E-state index contributed by atoms with van der Waals surface area (Å²) in [7, 11) is 11.9. The van der Waals surface area contributed by atoms with Gasteiger partial charge in [0.25, 0.3) is 0 Å². The van der Waals surface area contributed by atoms with Gasteiger partial charge in [-0.15, -0.1) is 0 Å². The summed E-state index contributed by atoms with van der Waals surface area (Å²) in [6.07, 6.45) is 33.5. The van der Waals surface area contributed by atoms with Gasteiger partial charge in [-0.05, 0) is 0 Å². The lowest BCUT2D eigenvalue weighted by Gasteiger charge is -1.92. The first-order chi connectivity index (χ1) is 33.9. The maximum Gasteiger partial charge on any atom is 0.631 e. The monoisotopic (exact) mass is 1010 g/mol. The van der Waals surface area contributed by atoms with E-state index in [0.717, 1.165) is 85.7 Å². The molecule has 0 aliphatic carbocycles. The molecule has 0 aliphatic rings. The molecule has 0 radical (unpaired) electrons. The molecule has 7 rings (SSSR count). The fourth-order valence-electron chi connectivity index (χ4n) is 5.16. The average Bonchev–Trinajstić information content (AvgIpc) is 4.23. The quantitative estimate of drug-likeness (QED) is 0.0891. The first-order valence-electron chi connectivity index (χ1n) is 22.6. The van der Waals surface area contributed by atoms with Gasteiger partial charge in [-0.25, -0.2) is 54.1 Å². The van der Waals surface area contributed by atoms with Crippen molar-refractivity contribution < 1.29 is 54.7 Å². The third kappa shape index (κ3) is 32.9. The van der Waals surface area contributed by atoms with Crippen molar-refractivity contribution in [1.82, 2.24) is 66.9 Å². The van der Waals surface area contributed by atoms with E-state index in [4.69, 9.17) is 54.7 Å². The van der Waals surface area contributed by atoms with Crippen molar-refractivity contribution in [2.24, 2.45) is 49.3 Å². The van der Waals surface area contributed by atoms with E-state index in [1.54, 1.807) is 0 Å². The van der Waals surface area contributed by atoms with Crippen LogP contribution in [0.4, 0.5) is 0 Å². The van der Waals surface area contributed by atoms with Gasteiger partial charge in [0.2, 0.25) is 0 Å². The fourth-order valence-corrected chi connectivity index (χ4v) is 5.16. The van der Waals surface area contributed by atoms with Crippen molar-refractivity contribution in [3.63, 3.8) is 0 Å². The Morgan fingerprint density at radius 2 is 0.417 bits per heavy atom. The highest BCUT2D eigenvalue weighted by molar-refractivity contribution is 6.30. The summed E-state index contributed by atoms with van der Waals surface area (Å²) in [6, 6.07) is 0. The summed E-state index contributed by atoms with van der Waals surface area (Å²) in [4.78, 5) is 65.1. The normalized spacial score (nSPS) is 9.18. The maximum atomic E-state index is 9.10. The van der Waals surface area contributed by atoms with E-state index in [0.29, 0.717) is 0 Å². The second-order valence-electron chi connectivity index (χ2n) is 14.2. The number of nitrogens with zero attached hydrogens (tertiary/aromatic N) is 14. The zero-order valence-electron chi connectivity index (χ0n) is 44.1. The Labute approximate surface area is 422 Å². The van der Waals surface area contributed by atoms with Gasteiger partial charge >= 0.3 is 31.2 Å². The van der Waals surface area contributed by atoms with Gasteiger partial charge in [-0.1, -0.05) is 48.5 Å². The Hall–Kier alpha value is -7.71. The molecule has 0 atom stereocenters. The highest BCUT2D eigenvalue weighted by Crippen LogP contribution is 1.96. The van der Waals surface area contributed by atoms with Crippen LogP contribution in [0.5, 0.6) is 0 Å². The molecule has 7 N–H and O–H groups in total. The predicted molar refractivity (Wildman–Crippen MR) is 271 cm³/mol. The number of carboxylic acids is 4. The summed E-state index contributed by atoms with van der Waals surface area (Å²) in [5, 5.41) is 51.1. The Morgan fingerprint density at radius 1 is 0.319 bits per heavy atom. The van der Waals surface area contributed by atoms with Crippen LogP contribution in [0.15, 0.2) is 86.8 Å². The van der Waals surface area contributed by atoms with E-state index in [-0.39, 0.29) is 0 Å². The van der Waals surface area contributed by atoms with Gasteiger partial charge in [-0.2, -0.15) is 0 Å². The van der Waals surface area contributed by atoms with Crippen LogP contribution in [-0.2, 0) is 113 Å². The van der Waals surface area contributed by atoms with Crippen molar-refractivity contribution >= 4 is 31.2 Å². The molecule has 400 valence electrons. The lowest BCUT2D eigenvalue weighted by molar-refractivity contribution is -0.159. The first-order valence-corrected chi connectivity index (χ1v) is 22.6. The lowest BCUT2D eigenvalue weighted by Crippen LogP contribution is -2.09. The minimum absolute atomic E-state index is 1.02. The largest absolute Gasteiger partial charge is 0.631 e. The van der Waals surface area contributed by atoms with E-state index in [2.05, 4.69) is 83.4 Å². The van der Waals surface area contributed by atoms with Crippen molar-refractivity contribution in [1.29, 1.82) is 0 Å². The molecule has 7 aromatic heterocycles. The van der Waals surface area contributed by atoms with Crippen LogP contribution in [0.3, 0.4) is 0 Å². The summed E-state index contributed by atoms with van der Waals surface area (Å²) < 4.78 is 14.2. The van der Waals surface area contributed by atoms with Crippen molar-refractivity contribution in [2.75, 3.05) is 0 Å². The highest BCUT2D eigenvalue weighted by atomic mass is 16.5. The van der Waals surface area contributed by atoms with E-state index >= 15 is 0 Å². The molecule has 0 amide bonds. The lowest BCUT2D eigenvalue weighted by atomic mass is 10.3. The maximum absolute atomic E-state index is 9.10. The minimum Gasteiger partial charge on any atom is -0.473 e. The molecule has 0 saturated carbocycles. The molecule has 0 bridgehead atoms. The molecule has 0 aliphatic heterocycles. The number of aryl methyl sites for hydroxylation is 14. The van der Waals surface area contributed by atoms with E-state index < -0.39 is 31.2 Å². The molecule has 0 spiro atoms. The van der Waals surface area contributed by atoms with Crippen LogP contribution in [0.2, 0.25) is 0 Å². The van der Waals surface area contributed by atoms with E-state index in [9.17, 15) is 0 Å². The summed E-state index contributed by atoms with van der Waals surface area (Å²) >= 11 is 0. The molecule has 25 nitrogen and oxygen atoms in total. The van der Waals surface area contributed by atoms with Crippen LogP contribution in [0.25, 0.3) is 0 Å². The first kappa shape index (κ1) is 68.6. The summed E-state index contributed by atoms with van der Waals surface area (Å²) in [6.45, 7) is 14.7. The molecule has 26 heteroatoms. The molecular weight excluding hydrogens is 935 g/mol. The van der Waals surface area contributed by atoms with Crippen LogP contribution in [0, 0.1) is 0 Å². The second-order valence-corrected chi connectivity index (χ2v) is 14.2. The molecular formula is C46H77BN14O11. The smallest absolute Gasteiger partial charge is 0.473 e. The van der Waals surface area contributed by atoms with Gasteiger partial charge in [0.1, 0.15) is 40.8 Å². The Balaban J connectivity index is -0.000000739. The highest BCUT2D eigenvalue weighted by Gasteiger charge is 2.05. The van der Waals surface area contributed by atoms with Crippen LogP contribution in [-0.4, -0.2) is 134 Å². The molecule has 0 saturated heterocycles. The third-order valence-electron chi connectivity index (χ3n) is 9.03. The molecule has 0 aromatic carbocycles. The van der Waals surface area contributed by atoms with E-state index in [1.165, 1.54) is 0 Å². The number of carboxylic acid groups (broad SMARTS) is 4. The van der Waals surface area contributed by atoms with Gasteiger partial charge < -0.3 is 67.5 Å². The Morgan fingerprint density at radius 3 is 0.444 bits per heavy atom. The van der Waals surface area contributed by atoms with Crippen LogP contribution in [0.1, 0.15) is 89.2 Å². The van der Waals surface area contributed by atoms with Gasteiger partial charge in [0, 0.05) is 181 Å². The molecule has 72 heavy (non-hydrogen) atoms. The van der Waals surface area contributed by atoms with Gasteiger partial charge in [-0.3, -0.25) is 0 Å². The number of hydrogen-bond donors (Lipinski definition) is 7. The second kappa shape index (κ2) is 41.1. The van der Waals surface area contributed by atoms with Crippen LogP contribution >= 0.6 is 0 Å². The number of rotatable bonds is 7. The SMILES string of the molecule is CCc1nccn1C.CCc1nccn1C.CCc1nccn1C.CCc1nccn1C.CCc1nccn1C.CCc1nccn1C.CCc1nccn1C.O=C(O)C(=O)O.O=C(O)C(=O)O.OB(O)O. The Bertz CT molecular complexity index is 2020. The minimum atomic E-state index is -2.17. The number of aliphatic carboxylic acids is 4.